The molecule has 2 atom stereocenters. The number of carboxylic acid groups (broad SMARTS) is 1. The third kappa shape index (κ3) is 18.0. The Kier molecular flexibility index (Phi) is 21.1. The fourth-order valence-corrected chi connectivity index (χ4v) is 11.1. The number of carbonyl (C=O) groups excluding carboxylic acids is 5. The normalized spacial score (nSPS) is 17.4. The van der Waals surface area contributed by atoms with Crippen LogP contribution in [0.4, 0.5) is 26.7 Å². The molecule has 446 valence electrons. The lowest BCUT2D eigenvalue weighted by atomic mass is 9.81. The van der Waals surface area contributed by atoms with Crippen LogP contribution in [0.15, 0.2) is 120 Å². The van der Waals surface area contributed by atoms with Gasteiger partial charge in [-0.25, -0.2) is 9.59 Å². The third-order valence-electron chi connectivity index (χ3n) is 15.2. The van der Waals surface area contributed by atoms with Gasteiger partial charge in [0.25, 0.3) is 0 Å². The lowest BCUT2D eigenvalue weighted by Gasteiger charge is -2.36. The van der Waals surface area contributed by atoms with Crippen LogP contribution in [0.2, 0.25) is 0 Å². The summed E-state index contributed by atoms with van der Waals surface area (Å²) >= 11 is 3.48. The van der Waals surface area contributed by atoms with Crippen LogP contribution < -0.4 is 37.6 Å². The Morgan fingerprint density at radius 3 is 1.85 bits per heavy atom. The minimum Gasteiger partial charge on any atom is -0.465 e. The highest BCUT2D eigenvalue weighted by molar-refractivity contribution is 9.10. The lowest BCUT2D eigenvalue weighted by Crippen LogP contribution is -2.52. The number of amides is 6. The summed E-state index contributed by atoms with van der Waals surface area (Å²) in [7, 11) is 0. The molecular weight excluding hydrogens is 1150 g/mol. The van der Waals surface area contributed by atoms with Crippen molar-refractivity contribution < 1.29 is 38.6 Å². The number of benzene rings is 5. The molecule has 2 aromatic heterocycles. The summed E-state index contributed by atoms with van der Waals surface area (Å²) in [6, 6.07) is 33.8. The van der Waals surface area contributed by atoms with Crippen molar-refractivity contribution >= 4 is 68.8 Å². The maximum absolute atomic E-state index is 14.1. The number of hydrogen-bond donors (Lipinski definition) is 9. The number of ether oxygens (including phenoxy) is 1. The summed E-state index contributed by atoms with van der Waals surface area (Å²) < 4.78 is 6.21. The second kappa shape index (κ2) is 29.0. The molecule has 0 saturated heterocycles. The molecule has 2 aliphatic carbocycles. The maximum atomic E-state index is 14.1. The molecule has 7 aromatic rings. The molecule has 85 heavy (non-hydrogen) atoms. The molecule has 0 unspecified atom stereocenters. The molecule has 5 aromatic carbocycles. The number of hydrogen-bond acceptors (Lipinski definition) is 14. The first kappa shape index (κ1) is 62.0. The van der Waals surface area contributed by atoms with E-state index in [9.17, 15) is 28.8 Å². The number of nitrogens with zero attached hydrogens (tertiary/aromatic N) is 7. The van der Waals surface area contributed by atoms with E-state index in [1.807, 2.05) is 94.4 Å². The number of carbonyl (C=O) groups is 6. The number of nitrogen functional groups attached to an aromatic ring is 1. The van der Waals surface area contributed by atoms with E-state index in [1.54, 1.807) is 53.4 Å². The zero-order valence-corrected chi connectivity index (χ0v) is 49.5. The van der Waals surface area contributed by atoms with Crippen LogP contribution in [-0.4, -0.2) is 113 Å². The Balaban J connectivity index is 0.000000222. The molecule has 2 aliphatic rings. The predicted molar refractivity (Wildman–Crippen MR) is 324 cm³/mol. The Morgan fingerprint density at radius 1 is 0.706 bits per heavy atom. The van der Waals surface area contributed by atoms with E-state index in [2.05, 4.69) is 78.4 Å². The summed E-state index contributed by atoms with van der Waals surface area (Å²) in [5.74, 6) is -0.474. The summed E-state index contributed by atoms with van der Waals surface area (Å²) in [6.45, 7) is 8.36. The van der Waals surface area contributed by atoms with E-state index in [0.717, 1.165) is 69.1 Å². The first-order valence-corrected chi connectivity index (χ1v) is 29.1. The molecular formula is C61H72BrN15O8. The Morgan fingerprint density at radius 2 is 1.28 bits per heavy atom. The van der Waals surface area contributed by atoms with Gasteiger partial charge in [0.05, 0.1) is 0 Å². The number of nitrogens with one attached hydrogen (secondary N) is 6. The molecule has 2 fully saturated rings. The number of anilines is 3. The minimum absolute atomic E-state index is 0.144. The van der Waals surface area contributed by atoms with Crippen LogP contribution in [0.1, 0.15) is 88.8 Å². The standard InChI is InChI=1S/C32H36N8O4.C29H36BrN7O4/c1-19-5-12-25(33)17-27(19)24-4-2-3-21(15-24)16-28(36-30(41)23-8-6-20(7-9-23)18-34-32(43)44)31(42)35-26-13-10-22(11-14-26)29-37-39-40-38-29;1-29(2,3)41-28(40)32-17-18-7-9-21(10-8-18)27(39)37(23-13-11-20(12-14-23)26-33-35-36-34-26)24(25(31)38)16-19-5-4-6-22(30)15-19/h2-5,10-15,17,20,23,28,34H,6-9,16,18,33H2,1H3,(H,35,42)(H,36,41)(H,43,44)(H,37,38,39,40);4-6,11-15,18,21,24H,7-10,16-17H2,1-3H3,(H2,31,38)(H,32,40)(H,33,34,35,36)/t20?,23?,28-;18?,21?,24-/m00/s1. The van der Waals surface area contributed by atoms with Gasteiger partial charge < -0.3 is 42.6 Å². The van der Waals surface area contributed by atoms with Crippen molar-refractivity contribution in [3.8, 4) is 33.9 Å². The number of halogens is 1. The molecule has 23 nitrogen and oxygen atoms in total. The van der Waals surface area contributed by atoms with Crippen molar-refractivity contribution in [3.05, 3.63) is 136 Å². The number of tetrazole rings is 2. The number of primary amides is 1. The maximum Gasteiger partial charge on any atom is 0.407 e. The lowest BCUT2D eigenvalue weighted by molar-refractivity contribution is -0.130. The van der Waals surface area contributed by atoms with Crippen molar-refractivity contribution in [2.45, 2.75) is 110 Å². The number of H-pyrrole nitrogens is 2. The highest BCUT2D eigenvalue weighted by Gasteiger charge is 2.37. The van der Waals surface area contributed by atoms with E-state index < -0.39 is 35.8 Å². The largest absolute Gasteiger partial charge is 0.465 e. The number of aromatic nitrogens is 8. The van der Waals surface area contributed by atoms with Gasteiger partial charge in [0.2, 0.25) is 35.3 Å². The van der Waals surface area contributed by atoms with Crippen molar-refractivity contribution in [3.63, 3.8) is 0 Å². The van der Waals surface area contributed by atoms with Crippen LogP contribution in [0, 0.1) is 30.6 Å². The van der Waals surface area contributed by atoms with Gasteiger partial charge in [0, 0.05) is 70.4 Å². The fraction of sp³-hybridized carbons (Fsp3) is 0.377. The van der Waals surface area contributed by atoms with Gasteiger partial charge in [-0.15, -0.1) is 20.4 Å². The number of aryl methyl sites for hydroxylation is 1. The number of aromatic amines is 2. The van der Waals surface area contributed by atoms with Gasteiger partial charge in [-0.2, -0.15) is 10.4 Å². The number of alkyl carbamates (subject to hydrolysis) is 1. The van der Waals surface area contributed by atoms with Crippen LogP contribution in [-0.2, 0) is 36.8 Å². The zero-order chi connectivity index (χ0) is 60.6. The van der Waals surface area contributed by atoms with Gasteiger partial charge in [-0.05, 0) is 202 Å². The first-order chi connectivity index (χ1) is 40.7. The van der Waals surface area contributed by atoms with E-state index in [1.165, 1.54) is 0 Å². The van der Waals surface area contributed by atoms with E-state index in [-0.39, 0.29) is 54.2 Å². The topological polar surface area (TPSA) is 344 Å². The molecule has 0 aliphatic heterocycles. The molecule has 2 saturated carbocycles. The Bertz CT molecular complexity index is 3380. The molecule has 0 bridgehead atoms. The zero-order valence-electron chi connectivity index (χ0n) is 47.9. The first-order valence-electron chi connectivity index (χ1n) is 28.3. The highest BCUT2D eigenvalue weighted by Crippen LogP contribution is 2.34. The average molecular weight is 1220 g/mol. The number of rotatable bonds is 19. The van der Waals surface area contributed by atoms with Crippen molar-refractivity contribution in [1.82, 2.24) is 57.2 Å². The van der Waals surface area contributed by atoms with E-state index >= 15 is 0 Å². The molecule has 2 heterocycles. The molecule has 0 radical (unpaired) electrons. The van der Waals surface area contributed by atoms with Gasteiger partial charge >= 0.3 is 12.2 Å². The van der Waals surface area contributed by atoms with Crippen molar-refractivity contribution in [1.29, 1.82) is 0 Å². The molecule has 24 heteroatoms. The van der Waals surface area contributed by atoms with Crippen LogP contribution in [0.3, 0.4) is 0 Å². The van der Waals surface area contributed by atoms with Gasteiger partial charge in [-0.1, -0.05) is 58.4 Å². The predicted octanol–water partition coefficient (Wildman–Crippen LogP) is 8.55. The monoisotopic (exact) mass is 1220 g/mol. The second-order valence-corrected chi connectivity index (χ2v) is 23.5. The quantitative estimate of drug-likeness (QED) is 0.0342. The van der Waals surface area contributed by atoms with Crippen LogP contribution >= 0.6 is 15.9 Å². The average Bonchev–Trinajstić information content (AvgIpc) is 4.19. The summed E-state index contributed by atoms with van der Waals surface area (Å²) in [4.78, 5) is 78.6. The van der Waals surface area contributed by atoms with Crippen LogP contribution in [0.5, 0.6) is 0 Å². The van der Waals surface area contributed by atoms with Gasteiger partial charge in [0.15, 0.2) is 0 Å². The minimum atomic E-state index is -1.04. The van der Waals surface area contributed by atoms with Crippen molar-refractivity contribution in [2.75, 3.05) is 29.0 Å². The van der Waals surface area contributed by atoms with Crippen LogP contribution in [0.25, 0.3) is 33.9 Å². The third-order valence-corrected chi connectivity index (χ3v) is 15.7. The fourth-order valence-electron chi connectivity index (χ4n) is 10.7. The smallest absolute Gasteiger partial charge is 0.407 e. The summed E-state index contributed by atoms with van der Waals surface area (Å²) in [5, 5.41) is 48.1. The van der Waals surface area contributed by atoms with Gasteiger partial charge in [0.1, 0.15) is 17.7 Å². The second-order valence-electron chi connectivity index (χ2n) is 22.6. The Labute approximate surface area is 500 Å². The van der Waals surface area contributed by atoms with E-state index in [0.29, 0.717) is 67.5 Å². The van der Waals surface area contributed by atoms with Crippen molar-refractivity contribution in [2.24, 2.45) is 29.4 Å². The van der Waals surface area contributed by atoms with E-state index in [4.69, 9.17) is 21.3 Å². The molecule has 9 rings (SSSR count). The number of nitrogens with two attached hydrogens (primary N) is 2. The highest BCUT2D eigenvalue weighted by atomic mass is 79.9. The molecule has 11 N–H and O–H groups in total. The molecule has 6 amide bonds. The van der Waals surface area contributed by atoms with Gasteiger partial charge in [-0.3, -0.25) is 24.1 Å². The Hall–Kier alpha value is -9.06. The summed E-state index contributed by atoms with van der Waals surface area (Å²) in [5.41, 5.74) is 19.5. The SMILES string of the molecule is CC(C)(C)OC(=O)NCC1CCC(C(=O)N(c2ccc(-c3nn[nH]n3)cc2)[C@@H](Cc2cccc(Br)c2)C(N)=O)CC1.Cc1ccc(N)cc1-c1cccc(C[C@H](NC(=O)C2CCC(CNC(=O)O)CC2)C(=O)Nc2ccc(-c3nn[nH]n3)cc2)c1. The molecule has 0 spiro atoms. The summed E-state index contributed by atoms with van der Waals surface area (Å²) in [6.07, 6.45) is 4.62.